The third kappa shape index (κ3) is 3.41. The Labute approximate surface area is 116 Å². The summed E-state index contributed by atoms with van der Waals surface area (Å²) >= 11 is 0. The van der Waals surface area contributed by atoms with Gasteiger partial charge < -0.3 is 15.3 Å². The van der Waals surface area contributed by atoms with Crippen molar-refractivity contribution in [1.82, 2.24) is 10.2 Å². The summed E-state index contributed by atoms with van der Waals surface area (Å²) in [5.74, 6) is 0.306. The van der Waals surface area contributed by atoms with E-state index in [1.165, 1.54) is 25.7 Å². The number of hydrogen-bond donors (Lipinski definition) is 2. The number of rotatable bonds is 3. The van der Waals surface area contributed by atoms with Crippen LogP contribution in [0.4, 0.5) is 4.79 Å². The van der Waals surface area contributed by atoms with Crippen molar-refractivity contribution in [1.29, 1.82) is 0 Å². The second-order valence-electron chi connectivity index (χ2n) is 6.50. The fourth-order valence-corrected chi connectivity index (χ4v) is 3.39. The fourth-order valence-electron chi connectivity index (χ4n) is 3.39. The van der Waals surface area contributed by atoms with E-state index in [-0.39, 0.29) is 12.1 Å². The minimum atomic E-state index is -0.369. The summed E-state index contributed by atoms with van der Waals surface area (Å²) in [5.41, 5.74) is 0.331. The molecule has 2 rings (SSSR count). The maximum absolute atomic E-state index is 12.2. The zero-order valence-electron chi connectivity index (χ0n) is 12.3. The van der Waals surface area contributed by atoms with E-state index in [1.54, 1.807) is 4.90 Å². The maximum Gasteiger partial charge on any atom is 0.317 e. The standard InChI is InChI=1S/C15H28N2O2/c1-3-15(7-4-5-8-15)11-16-14(19)17-9-6-12(2)13(18)10-17/h12-13,18H,3-11H2,1-2H3,(H,16,19). The number of amides is 2. The highest BCUT2D eigenvalue weighted by Gasteiger charge is 2.33. The van der Waals surface area contributed by atoms with Crippen molar-refractivity contribution < 1.29 is 9.90 Å². The molecule has 0 aromatic carbocycles. The molecule has 1 aliphatic carbocycles. The molecule has 2 aliphatic rings. The van der Waals surface area contributed by atoms with Crippen molar-refractivity contribution in [2.24, 2.45) is 11.3 Å². The van der Waals surface area contributed by atoms with Gasteiger partial charge in [-0.25, -0.2) is 4.79 Å². The molecule has 0 spiro atoms. The van der Waals surface area contributed by atoms with Gasteiger partial charge in [-0.05, 0) is 37.0 Å². The fraction of sp³-hybridized carbons (Fsp3) is 0.933. The zero-order chi connectivity index (χ0) is 13.9. The van der Waals surface area contributed by atoms with Crippen LogP contribution in [0.1, 0.15) is 52.4 Å². The lowest BCUT2D eigenvalue weighted by Gasteiger charge is -2.35. The van der Waals surface area contributed by atoms with Gasteiger partial charge in [0.25, 0.3) is 0 Å². The summed E-state index contributed by atoms with van der Waals surface area (Å²) in [6.45, 7) is 6.31. The van der Waals surface area contributed by atoms with E-state index in [9.17, 15) is 9.90 Å². The summed E-state index contributed by atoms with van der Waals surface area (Å²) in [6.07, 6.45) is 6.74. The van der Waals surface area contributed by atoms with Gasteiger partial charge >= 0.3 is 6.03 Å². The first-order valence-electron chi connectivity index (χ1n) is 7.77. The Bertz CT molecular complexity index is 313. The van der Waals surface area contributed by atoms with Crippen LogP contribution in [-0.4, -0.2) is 41.8 Å². The first-order chi connectivity index (χ1) is 9.06. The number of urea groups is 1. The molecule has 2 amide bonds. The summed E-state index contributed by atoms with van der Waals surface area (Å²) in [5, 5.41) is 12.9. The Hall–Kier alpha value is -0.770. The summed E-state index contributed by atoms with van der Waals surface area (Å²) in [6, 6.07) is 0.00525. The highest BCUT2D eigenvalue weighted by atomic mass is 16.3. The number of piperidine rings is 1. The third-order valence-corrected chi connectivity index (χ3v) is 5.23. The second kappa shape index (κ2) is 6.12. The van der Waals surface area contributed by atoms with E-state index < -0.39 is 0 Å². The van der Waals surface area contributed by atoms with Crippen molar-refractivity contribution >= 4 is 6.03 Å². The van der Waals surface area contributed by atoms with Crippen molar-refractivity contribution in [3.63, 3.8) is 0 Å². The second-order valence-corrected chi connectivity index (χ2v) is 6.50. The van der Waals surface area contributed by atoms with Crippen LogP contribution in [0.15, 0.2) is 0 Å². The lowest BCUT2D eigenvalue weighted by atomic mass is 9.83. The molecule has 1 saturated heterocycles. The van der Waals surface area contributed by atoms with Gasteiger partial charge in [-0.3, -0.25) is 0 Å². The number of hydrogen-bond acceptors (Lipinski definition) is 2. The van der Waals surface area contributed by atoms with Crippen LogP contribution in [0.2, 0.25) is 0 Å². The molecule has 2 N–H and O–H groups in total. The molecule has 1 heterocycles. The van der Waals surface area contributed by atoms with Gasteiger partial charge in [0, 0.05) is 19.6 Å². The van der Waals surface area contributed by atoms with Crippen LogP contribution in [-0.2, 0) is 0 Å². The molecule has 1 saturated carbocycles. The molecule has 4 heteroatoms. The summed E-state index contributed by atoms with van der Waals surface area (Å²) < 4.78 is 0. The number of β-amino-alcohol motifs (C(OH)–C–C–N with tert-alkyl or cyclic N) is 1. The van der Waals surface area contributed by atoms with E-state index in [0.29, 0.717) is 17.9 Å². The van der Waals surface area contributed by atoms with Crippen LogP contribution < -0.4 is 5.32 Å². The zero-order valence-corrected chi connectivity index (χ0v) is 12.3. The molecule has 0 aromatic heterocycles. The van der Waals surface area contributed by atoms with Crippen LogP contribution in [0.5, 0.6) is 0 Å². The minimum absolute atomic E-state index is 0.00525. The van der Waals surface area contributed by atoms with Crippen LogP contribution in [0.3, 0.4) is 0 Å². The summed E-state index contributed by atoms with van der Waals surface area (Å²) in [4.78, 5) is 13.9. The van der Waals surface area contributed by atoms with Gasteiger partial charge in [0.05, 0.1) is 6.10 Å². The Balaban J connectivity index is 1.81. The smallest absolute Gasteiger partial charge is 0.317 e. The van der Waals surface area contributed by atoms with E-state index in [4.69, 9.17) is 0 Å². The molecule has 2 atom stereocenters. The van der Waals surface area contributed by atoms with Gasteiger partial charge in [-0.15, -0.1) is 0 Å². The number of carbonyl (C=O) groups is 1. The van der Waals surface area contributed by atoms with Gasteiger partial charge in [0.2, 0.25) is 0 Å². The molecular weight excluding hydrogens is 240 g/mol. The van der Waals surface area contributed by atoms with Crippen LogP contribution >= 0.6 is 0 Å². The molecule has 4 nitrogen and oxygen atoms in total. The maximum atomic E-state index is 12.2. The van der Waals surface area contributed by atoms with E-state index in [0.717, 1.165) is 25.9 Å². The number of nitrogens with one attached hydrogen (secondary N) is 1. The molecule has 19 heavy (non-hydrogen) atoms. The Morgan fingerprint density at radius 3 is 2.68 bits per heavy atom. The monoisotopic (exact) mass is 268 g/mol. The normalized spacial score (nSPS) is 30.4. The molecule has 0 radical (unpaired) electrons. The van der Waals surface area contributed by atoms with E-state index in [2.05, 4.69) is 12.2 Å². The lowest BCUT2D eigenvalue weighted by molar-refractivity contribution is 0.0429. The first kappa shape index (κ1) is 14.6. The molecule has 110 valence electrons. The van der Waals surface area contributed by atoms with Gasteiger partial charge in [0.15, 0.2) is 0 Å². The molecule has 0 bridgehead atoms. The third-order valence-electron chi connectivity index (χ3n) is 5.23. The Morgan fingerprint density at radius 1 is 1.42 bits per heavy atom. The van der Waals surface area contributed by atoms with Gasteiger partial charge in [-0.2, -0.15) is 0 Å². The first-order valence-corrected chi connectivity index (χ1v) is 7.77. The molecular formula is C15H28N2O2. The Kier molecular flexibility index (Phi) is 4.71. The SMILES string of the molecule is CCC1(CNC(=O)N2CCC(C)C(O)C2)CCCC1. The quantitative estimate of drug-likeness (QED) is 0.825. The predicted molar refractivity (Wildman–Crippen MR) is 76.0 cm³/mol. The average Bonchev–Trinajstić information content (AvgIpc) is 2.89. The number of aliphatic hydroxyl groups is 1. The van der Waals surface area contributed by atoms with Crippen molar-refractivity contribution in [3.8, 4) is 0 Å². The van der Waals surface area contributed by atoms with Crippen molar-refractivity contribution in [2.45, 2.75) is 58.5 Å². The highest BCUT2D eigenvalue weighted by Crippen LogP contribution is 2.40. The minimum Gasteiger partial charge on any atom is -0.391 e. The molecule has 1 aliphatic heterocycles. The van der Waals surface area contributed by atoms with Crippen LogP contribution in [0.25, 0.3) is 0 Å². The number of carbonyl (C=O) groups excluding carboxylic acids is 1. The average molecular weight is 268 g/mol. The van der Waals surface area contributed by atoms with Crippen LogP contribution in [0, 0.1) is 11.3 Å². The van der Waals surface area contributed by atoms with Gasteiger partial charge in [-0.1, -0.05) is 26.7 Å². The highest BCUT2D eigenvalue weighted by molar-refractivity contribution is 5.74. The largest absolute Gasteiger partial charge is 0.391 e. The van der Waals surface area contributed by atoms with Crippen molar-refractivity contribution in [2.75, 3.05) is 19.6 Å². The molecule has 0 aromatic rings. The van der Waals surface area contributed by atoms with E-state index in [1.807, 2.05) is 6.92 Å². The number of likely N-dealkylation sites (tertiary alicyclic amines) is 1. The van der Waals surface area contributed by atoms with Crippen molar-refractivity contribution in [3.05, 3.63) is 0 Å². The molecule has 2 fully saturated rings. The Morgan fingerprint density at radius 2 is 2.11 bits per heavy atom. The van der Waals surface area contributed by atoms with Gasteiger partial charge in [0.1, 0.15) is 0 Å². The lowest BCUT2D eigenvalue weighted by Crippen LogP contribution is -2.51. The summed E-state index contributed by atoms with van der Waals surface area (Å²) in [7, 11) is 0. The predicted octanol–water partition coefficient (Wildman–Crippen LogP) is 2.37. The number of nitrogens with zero attached hydrogens (tertiary/aromatic N) is 1. The number of aliphatic hydroxyl groups excluding tert-OH is 1. The molecule has 2 unspecified atom stereocenters. The van der Waals surface area contributed by atoms with E-state index >= 15 is 0 Å². The topological polar surface area (TPSA) is 52.6 Å².